The quantitative estimate of drug-likeness (QED) is 0.703. The molecule has 0 saturated carbocycles. The van der Waals surface area contributed by atoms with Crippen molar-refractivity contribution in [3.63, 3.8) is 0 Å². The summed E-state index contributed by atoms with van der Waals surface area (Å²) in [4.78, 5) is 9.04. The monoisotopic (exact) mass is 331 g/mol. The van der Waals surface area contributed by atoms with E-state index in [9.17, 15) is 0 Å². The molecular weight excluding hydrogens is 310 g/mol. The van der Waals surface area contributed by atoms with Gasteiger partial charge in [0.05, 0.1) is 12.4 Å². The minimum Gasteiger partial charge on any atom is -0.489 e. The van der Waals surface area contributed by atoms with E-state index in [2.05, 4.69) is 59.1 Å². The van der Waals surface area contributed by atoms with Crippen LogP contribution < -0.4 is 14.5 Å². The van der Waals surface area contributed by atoms with Crippen LogP contribution >= 0.6 is 0 Å². The molecule has 0 amide bonds. The number of hydrogen-bond donors (Lipinski definition) is 0. The Balaban J connectivity index is 1.51. The van der Waals surface area contributed by atoms with Gasteiger partial charge in [0.25, 0.3) is 0 Å². The van der Waals surface area contributed by atoms with E-state index in [1.165, 1.54) is 16.8 Å². The van der Waals surface area contributed by atoms with Crippen molar-refractivity contribution in [2.75, 3.05) is 23.5 Å². The third-order valence-corrected chi connectivity index (χ3v) is 4.49. The molecule has 4 heteroatoms. The second-order valence-corrected chi connectivity index (χ2v) is 6.34. The minimum atomic E-state index is 0.580. The predicted octanol–water partition coefficient (Wildman–Crippen LogP) is 4.51. The van der Waals surface area contributed by atoms with Gasteiger partial charge in [-0.1, -0.05) is 30.3 Å². The second-order valence-electron chi connectivity index (χ2n) is 6.34. The number of anilines is 3. The van der Waals surface area contributed by atoms with E-state index >= 15 is 0 Å². The van der Waals surface area contributed by atoms with Crippen LogP contribution in [0, 0.1) is 6.92 Å². The number of fused-ring (bicyclic) bond motifs is 1. The van der Waals surface area contributed by atoms with Gasteiger partial charge in [-0.05, 0) is 48.4 Å². The summed E-state index contributed by atoms with van der Waals surface area (Å²) in [7, 11) is 2.10. The molecular formula is C21H21N3O. The molecule has 25 heavy (non-hydrogen) atoms. The lowest BCUT2D eigenvalue weighted by molar-refractivity contribution is 0.306. The van der Waals surface area contributed by atoms with Crippen LogP contribution in [0.4, 0.5) is 17.2 Å². The summed E-state index contributed by atoms with van der Waals surface area (Å²) in [5.74, 6) is 1.89. The number of aromatic nitrogens is 1. The van der Waals surface area contributed by atoms with Gasteiger partial charge in [-0.15, -0.1) is 0 Å². The number of benzene rings is 2. The Morgan fingerprint density at radius 1 is 1.00 bits per heavy atom. The van der Waals surface area contributed by atoms with Crippen LogP contribution in [-0.2, 0) is 6.61 Å². The van der Waals surface area contributed by atoms with Crippen LogP contribution in [0.5, 0.6) is 5.75 Å². The van der Waals surface area contributed by atoms with Crippen LogP contribution in [0.2, 0.25) is 0 Å². The normalized spacial score (nSPS) is 13.0. The van der Waals surface area contributed by atoms with Crippen molar-refractivity contribution < 1.29 is 4.74 Å². The third kappa shape index (κ3) is 3.03. The molecule has 0 fully saturated rings. The first-order valence-electron chi connectivity index (χ1n) is 8.43. The molecule has 1 aliphatic heterocycles. The average Bonchev–Trinajstić information content (AvgIpc) is 2.99. The van der Waals surface area contributed by atoms with Crippen LogP contribution in [-0.4, -0.2) is 18.7 Å². The smallest absolute Gasteiger partial charge is 0.158 e. The molecule has 0 bridgehead atoms. The first-order valence-corrected chi connectivity index (χ1v) is 8.43. The van der Waals surface area contributed by atoms with Crippen molar-refractivity contribution >= 4 is 17.2 Å². The lowest BCUT2D eigenvalue weighted by Gasteiger charge is -2.19. The van der Waals surface area contributed by atoms with Crippen molar-refractivity contribution in [3.05, 3.63) is 78.0 Å². The zero-order valence-corrected chi connectivity index (χ0v) is 14.5. The average molecular weight is 331 g/mol. The number of aryl methyl sites for hydroxylation is 1. The molecule has 4 nitrogen and oxygen atoms in total. The van der Waals surface area contributed by atoms with Crippen LogP contribution in [0.15, 0.2) is 66.9 Å². The number of ether oxygens (including phenoxy) is 1. The van der Waals surface area contributed by atoms with Crippen molar-refractivity contribution in [1.29, 1.82) is 0 Å². The number of pyridine rings is 1. The highest BCUT2D eigenvalue weighted by atomic mass is 16.5. The fraction of sp³-hybridized carbons (Fsp3) is 0.190. The Labute approximate surface area is 148 Å². The zero-order valence-electron chi connectivity index (χ0n) is 14.5. The molecule has 126 valence electrons. The summed E-state index contributed by atoms with van der Waals surface area (Å²) in [6, 6.07) is 20.5. The highest BCUT2D eigenvalue weighted by Gasteiger charge is 2.27. The highest BCUT2D eigenvalue weighted by molar-refractivity contribution is 5.81. The zero-order chi connectivity index (χ0) is 17.2. The molecule has 3 aromatic rings. The van der Waals surface area contributed by atoms with Gasteiger partial charge in [-0.25, -0.2) is 4.98 Å². The minimum absolute atomic E-state index is 0.580. The molecule has 4 rings (SSSR count). The largest absolute Gasteiger partial charge is 0.489 e. The SMILES string of the molecule is Cc1ccnc2c1N(C)CN2c1ccc(OCc2ccccc2)cc1. The maximum atomic E-state index is 5.87. The Hall–Kier alpha value is -3.01. The first kappa shape index (κ1) is 15.5. The van der Waals surface area contributed by atoms with Crippen LogP contribution in [0.3, 0.4) is 0 Å². The molecule has 0 spiro atoms. The second kappa shape index (κ2) is 6.48. The highest BCUT2D eigenvalue weighted by Crippen LogP contribution is 2.40. The molecule has 0 saturated heterocycles. The van der Waals surface area contributed by atoms with E-state index in [1.807, 2.05) is 36.5 Å². The van der Waals surface area contributed by atoms with Gasteiger partial charge in [-0.2, -0.15) is 0 Å². The number of hydrogen-bond acceptors (Lipinski definition) is 4. The van der Waals surface area contributed by atoms with E-state index < -0.39 is 0 Å². The Morgan fingerprint density at radius 2 is 1.76 bits per heavy atom. The summed E-state index contributed by atoms with van der Waals surface area (Å²) in [6.07, 6.45) is 1.87. The van der Waals surface area contributed by atoms with Crippen molar-refractivity contribution in [2.24, 2.45) is 0 Å². The number of rotatable bonds is 4. The summed E-state index contributed by atoms with van der Waals surface area (Å²) in [5, 5.41) is 0. The van der Waals surface area contributed by atoms with E-state index in [0.717, 1.165) is 23.9 Å². The molecule has 0 radical (unpaired) electrons. The Morgan fingerprint density at radius 3 is 2.52 bits per heavy atom. The summed E-state index contributed by atoms with van der Waals surface area (Å²) < 4.78 is 5.87. The molecule has 0 unspecified atom stereocenters. The fourth-order valence-corrected chi connectivity index (χ4v) is 3.22. The van der Waals surface area contributed by atoms with Crippen molar-refractivity contribution in [2.45, 2.75) is 13.5 Å². The van der Waals surface area contributed by atoms with Crippen molar-refractivity contribution in [1.82, 2.24) is 4.98 Å². The van der Waals surface area contributed by atoms with E-state index in [1.54, 1.807) is 0 Å². The van der Waals surface area contributed by atoms with Crippen LogP contribution in [0.25, 0.3) is 0 Å². The molecule has 0 aliphatic carbocycles. The van der Waals surface area contributed by atoms with Gasteiger partial charge in [0, 0.05) is 18.9 Å². The third-order valence-electron chi connectivity index (χ3n) is 4.49. The summed E-state index contributed by atoms with van der Waals surface area (Å²) in [5.41, 5.74) is 4.74. The van der Waals surface area contributed by atoms with Gasteiger partial charge >= 0.3 is 0 Å². The lowest BCUT2D eigenvalue weighted by atomic mass is 10.2. The summed E-state index contributed by atoms with van der Waals surface area (Å²) in [6.45, 7) is 3.51. The molecule has 1 aromatic heterocycles. The van der Waals surface area contributed by atoms with E-state index in [4.69, 9.17) is 4.74 Å². The van der Waals surface area contributed by atoms with E-state index in [-0.39, 0.29) is 0 Å². The topological polar surface area (TPSA) is 28.6 Å². The lowest BCUT2D eigenvalue weighted by Crippen LogP contribution is -2.24. The van der Waals surface area contributed by atoms with Crippen molar-refractivity contribution in [3.8, 4) is 5.75 Å². The van der Waals surface area contributed by atoms with Gasteiger partial charge in [0.1, 0.15) is 12.4 Å². The Bertz CT molecular complexity index is 862. The van der Waals surface area contributed by atoms with Gasteiger partial charge in [-0.3, -0.25) is 0 Å². The maximum absolute atomic E-state index is 5.87. The van der Waals surface area contributed by atoms with Gasteiger partial charge < -0.3 is 14.5 Å². The van der Waals surface area contributed by atoms with E-state index in [0.29, 0.717) is 6.61 Å². The number of nitrogens with zero attached hydrogens (tertiary/aromatic N) is 3. The fourth-order valence-electron chi connectivity index (χ4n) is 3.22. The molecule has 2 heterocycles. The predicted molar refractivity (Wildman–Crippen MR) is 102 cm³/mol. The summed E-state index contributed by atoms with van der Waals surface area (Å²) >= 11 is 0. The molecule has 0 N–H and O–H groups in total. The van der Waals surface area contributed by atoms with Gasteiger partial charge in [0.2, 0.25) is 0 Å². The van der Waals surface area contributed by atoms with Gasteiger partial charge in [0.15, 0.2) is 5.82 Å². The molecule has 2 aromatic carbocycles. The molecule has 1 aliphatic rings. The standard InChI is InChI=1S/C21H21N3O/c1-16-12-13-22-21-20(16)23(2)15-24(21)18-8-10-19(11-9-18)25-14-17-6-4-3-5-7-17/h3-13H,14-15H2,1-2H3. The first-order chi connectivity index (χ1) is 12.2. The van der Waals surface area contributed by atoms with Crippen LogP contribution in [0.1, 0.15) is 11.1 Å². The Kier molecular flexibility index (Phi) is 4.02. The maximum Gasteiger partial charge on any atom is 0.158 e. The molecule has 0 atom stereocenters.